The maximum absolute atomic E-state index is 11.8. The first kappa shape index (κ1) is 39.2. The monoisotopic (exact) mass is 513 g/mol. The fourth-order valence-corrected chi connectivity index (χ4v) is 2.82. The van der Waals surface area contributed by atoms with Crippen molar-refractivity contribution in [2.45, 2.75) is 98.8 Å². The Labute approximate surface area is 223 Å². The minimum absolute atomic E-state index is 0.144. The first-order valence-electron chi connectivity index (χ1n) is 13.9. The van der Waals surface area contributed by atoms with Crippen LogP contribution in [0, 0.1) is 5.92 Å². The van der Waals surface area contributed by atoms with Crippen LogP contribution in [0.3, 0.4) is 0 Å². The Morgan fingerprint density at radius 3 is 2.14 bits per heavy atom. The number of allylic oxidation sites excluding steroid dienone is 7. The van der Waals surface area contributed by atoms with Crippen LogP contribution in [0.4, 0.5) is 4.39 Å². The zero-order chi connectivity index (χ0) is 28.0. The number of hydrogen-bond donors (Lipinski definition) is 4. The van der Waals surface area contributed by atoms with E-state index in [4.69, 9.17) is 10.2 Å². The van der Waals surface area contributed by atoms with Crippen molar-refractivity contribution in [2.75, 3.05) is 39.8 Å². The van der Waals surface area contributed by atoms with Crippen LogP contribution < -0.4 is 10.6 Å². The third-order valence-corrected chi connectivity index (χ3v) is 5.30. The van der Waals surface area contributed by atoms with Gasteiger partial charge in [-0.1, -0.05) is 77.0 Å². The van der Waals surface area contributed by atoms with E-state index in [0.717, 1.165) is 44.4 Å². The van der Waals surface area contributed by atoms with Crippen molar-refractivity contribution in [1.29, 1.82) is 0 Å². The average molecular weight is 514 g/mol. The summed E-state index contributed by atoms with van der Waals surface area (Å²) in [6, 6.07) is 0.786. The van der Waals surface area contributed by atoms with E-state index in [1.165, 1.54) is 51.6 Å². The highest BCUT2D eigenvalue weighted by atomic mass is 19.1. The van der Waals surface area contributed by atoms with Crippen LogP contribution in [0.5, 0.6) is 0 Å². The van der Waals surface area contributed by atoms with Gasteiger partial charge in [0, 0.05) is 12.6 Å². The predicted octanol–water partition coefficient (Wildman–Crippen LogP) is 6.37. The highest BCUT2D eigenvalue weighted by Crippen LogP contribution is 2.32. The van der Waals surface area contributed by atoms with Gasteiger partial charge in [-0.25, -0.2) is 4.39 Å². The lowest BCUT2D eigenvalue weighted by Crippen LogP contribution is -2.30. The van der Waals surface area contributed by atoms with Crippen molar-refractivity contribution in [3.05, 3.63) is 48.9 Å². The maximum Gasteiger partial charge on any atom is 0.105 e. The van der Waals surface area contributed by atoms with E-state index in [2.05, 4.69) is 36.0 Å². The Kier molecular flexibility index (Phi) is 34.5. The van der Waals surface area contributed by atoms with Gasteiger partial charge < -0.3 is 20.4 Å². The van der Waals surface area contributed by atoms with Gasteiger partial charge in [-0.15, -0.1) is 0 Å². The van der Waals surface area contributed by atoms with Gasteiger partial charge in [0.1, 0.15) is 6.23 Å². The Morgan fingerprint density at radius 2 is 1.86 bits per heavy atom. The zero-order valence-electron chi connectivity index (χ0n) is 24.6. The second-order valence-corrected chi connectivity index (χ2v) is 9.07. The highest BCUT2D eigenvalue weighted by molar-refractivity contribution is 5.04. The lowest BCUT2D eigenvalue weighted by molar-refractivity contribution is 0.124. The molecule has 2 unspecified atom stereocenters. The molecule has 6 heteroatoms. The number of piperidine rings is 1. The van der Waals surface area contributed by atoms with E-state index < -0.39 is 0 Å². The van der Waals surface area contributed by atoms with Gasteiger partial charge in [-0.2, -0.15) is 0 Å². The van der Waals surface area contributed by atoms with E-state index in [1.54, 1.807) is 12.2 Å². The lowest BCUT2D eigenvalue weighted by atomic mass is 10.1. The Balaban J connectivity index is -0.000000383. The second kappa shape index (κ2) is 31.7. The number of nitrogens with one attached hydrogen (secondary N) is 2. The van der Waals surface area contributed by atoms with Gasteiger partial charge in [-0.3, -0.25) is 5.32 Å². The third kappa shape index (κ3) is 39.9. The second-order valence-electron chi connectivity index (χ2n) is 9.07. The molecule has 0 aromatic heterocycles. The van der Waals surface area contributed by atoms with Crippen LogP contribution >= 0.6 is 0 Å². The van der Waals surface area contributed by atoms with E-state index in [9.17, 15) is 4.39 Å². The number of hydrogen-bond acceptors (Lipinski definition) is 5. The molecule has 1 aliphatic heterocycles. The Morgan fingerprint density at radius 1 is 1.19 bits per heavy atom. The van der Waals surface area contributed by atoms with Crippen LogP contribution in [-0.4, -0.2) is 67.2 Å². The van der Waals surface area contributed by atoms with Crippen LogP contribution in [0.2, 0.25) is 0 Å². The molecule has 1 heterocycles. The number of aliphatic hydroxyl groups excluding tert-OH is 2. The third-order valence-electron chi connectivity index (χ3n) is 5.30. The molecule has 2 atom stereocenters. The standard InChI is InChI=1S/C7H11F.C7H15NO.C6H13N.C5H13NO.C5H8/c1-3-4-5-6-7(2)8;1-2-8-7(9)5-6-3-4-6;1-6-4-2-3-5-7-6;1-3-6(2)4-5-7;1-3-5-4-2/h4-6H,3H2,1-2H3;6-9H,2-5H2,1H3;6-7H,2-5H2,1H3;7H,3-5H2,1-2H3;3-5H,1H2,2H3/b5-4-,7-6+;;;;5-4-. The average Bonchev–Trinajstić information content (AvgIpc) is 3.66. The van der Waals surface area contributed by atoms with Gasteiger partial charge >= 0.3 is 0 Å². The molecular weight excluding hydrogens is 453 g/mol. The number of aliphatic hydroxyl groups is 2. The number of rotatable bonds is 10. The van der Waals surface area contributed by atoms with Crippen molar-refractivity contribution < 1.29 is 14.6 Å². The molecule has 1 saturated carbocycles. The SMILES string of the molecule is C=C/C=C\C.CC/C=C\C=C(/C)F.CC1CCCCN1.CCN(C)CCO.CCNC(O)CC1CC1. The number of likely N-dealkylation sites (N-methyl/N-ethyl adjacent to an activating group) is 1. The molecule has 0 bridgehead atoms. The maximum atomic E-state index is 11.8. The fourth-order valence-electron chi connectivity index (χ4n) is 2.82. The summed E-state index contributed by atoms with van der Waals surface area (Å²) in [7, 11) is 1.98. The van der Waals surface area contributed by atoms with Gasteiger partial charge in [-0.05, 0) is 85.1 Å². The molecule has 0 radical (unpaired) electrons. The first-order chi connectivity index (χ1) is 17.2. The molecule has 1 aliphatic carbocycles. The molecule has 0 aromatic rings. The van der Waals surface area contributed by atoms with Gasteiger partial charge in [0.25, 0.3) is 0 Å². The molecule has 2 fully saturated rings. The summed E-state index contributed by atoms with van der Waals surface area (Å²) in [5.74, 6) is 0.675. The molecule has 214 valence electrons. The lowest BCUT2D eigenvalue weighted by Gasteiger charge is -2.18. The van der Waals surface area contributed by atoms with Crippen molar-refractivity contribution >= 4 is 0 Å². The smallest absolute Gasteiger partial charge is 0.105 e. The summed E-state index contributed by atoms with van der Waals surface area (Å²) < 4.78 is 11.8. The molecule has 0 spiro atoms. The summed E-state index contributed by atoms with van der Waals surface area (Å²) in [5, 5.41) is 23.8. The van der Waals surface area contributed by atoms with Crippen molar-refractivity contribution in [3.8, 4) is 0 Å². The molecule has 5 nitrogen and oxygen atoms in total. The molecule has 0 aromatic carbocycles. The minimum atomic E-state index is -0.248. The molecule has 0 amide bonds. The summed E-state index contributed by atoms with van der Waals surface area (Å²) in [4.78, 5) is 2.06. The van der Waals surface area contributed by atoms with Crippen LogP contribution in [-0.2, 0) is 0 Å². The highest BCUT2D eigenvalue weighted by Gasteiger charge is 2.23. The van der Waals surface area contributed by atoms with E-state index >= 15 is 0 Å². The summed E-state index contributed by atoms with van der Waals surface area (Å²) >= 11 is 0. The van der Waals surface area contributed by atoms with E-state index in [-0.39, 0.29) is 18.7 Å². The van der Waals surface area contributed by atoms with Crippen molar-refractivity contribution in [1.82, 2.24) is 15.5 Å². The molecule has 2 rings (SSSR count). The Hall–Kier alpha value is -1.31. The van der Waals surface area contributed by atoms with E-state index in [1.807, 2.05) is 46.0 Å². The van der Waals surface area contributed by atoms with Crippen molar-refractivity contribution in [3.63, 3.8) is 0 Å². The molecule has 2 aliphatic rings. The molecule has 36 heavy (non-hydrogen) atoms. The normalized spacial score (nSPS) is 18.1. The Bertz CT molecular complexity index is 522. The molecule has 4 N–H and O–H groups in total. The predicted molar refractivity (Wildman–Crippen MR) is 158 cm³/mol. The van der Waals surface area contributed by atoms with Gasteiger partial charge in [0.05, 0.1) is 12.4 Å². The van der Waals surface area contributed by atoms with E-state index in [0.29, 0.717) is 0 Å². The van der Waals surface area contributed by atoms with Crippen LogP contribution in [0.1, 0.15) is 86.5 Å². The topological polar surface area (TPSA) is 67.8 Å². The molecule has 1 saturated heterocycles. The quantitative estimate of drug-likeness (QED) is 0.202. The zero-order valence-corrected chi connectivity index (χ0v) is 24.6. The van der Waals surface area contributed by atoms with Crippen molar-refractivity contribution in [2.24, 2.45) is 5.92 Å². The van der Waals surface area contributed by atoms with Crippen LogP contribution in [0.25, 0.3) is 0 Å². The van der Waals surface area contributed by atoms with Gasteiger partial charge in [0.15, 0.2) is 0 Å². The largest absolute Gasteiger partial charge is 0.395 e. The summed E-state index contributed by atoms with van der Waals surface area (Å²) in [5.41, 5.74) is 0. The van der Waals surface area contributed by atoms with Crippen LogP contribution in [0.15, 0.2) is 48.9 Å². The first-order valence-corrected chi connectivity index (χ1v) is 13.9. The summed E-state index contributed by atoms with van der Waals surface area (Å²) in [6.45, 7) is 19.4. The minimum Gasteiger partial charge on any atom is -0.395 e. The number of nitrogens with zero attached hydrogens (tertiary/aromatic N) is 1. The fraction of sp³-hybridized carbons (Fsp3) is 0.733. The number of halogens is 1. The molecular formula is C30H60FN3O2. The van der Waals surface area contributed by atoms with Gasteiger partial charge in [0.2, 0.25) is 0 Å². The summed E-state index contributed by atoms with van der Waals surface area (Å²) in [6.07, 6.45) is 19.1.